The Kier molecular flexibility index (Phi) is 6.52. The van der Waals surface area contributed by atoms with Crippen molar-refractivity contribution in [1.29, 1.82) is 0 Å². The van der Waals surface area contributed by atoms with Crippen molar-refractivity contribution in [2.45, 2.75) is 24.8 Å². The van der Waals surface area contributed by atoms with Crippen molar-refractivity contribution in [2.75, 3.05) is 13.7 Å². The molecule has 0 aliphatic carbocycles. The Labute approximate surface area is 135 Å². The predicted molar refractivity (Wildman–Crippen MR) is 84.1 cm³/mol. The Hall–Kier alpha value is -2.13. The van der Waals surface area contributed by atoms with Crippen LogP contribution in [0.2, 0.25) is 0 Å². The molecule has 8 nitrogen and oxygen atoms in total. The number of ether oxygens (including phenoxy) is 1. The lowest BCUT2D eigenvalue weighted by molar-refractivity contribution is -0.126. The maximum atomic E-state index is 12.2. The van der Waals surface area contributed by atoms with Crippen LogP contribution in [-0.4, -0.2) is 39.9 Å². The van der Waals surface area contributed by atoms with Crippen molar-refractivity contribution in [3.8, 4) is 5.75 Å². The van der Waals surface area contributed by atoms with Crippen LogP contribution in [0.4, 0.5) is 0 Å². The van der Waals surface area contributed by atoms with Crippen molar-refractivity contribution in [3.63, 3.8) is 0 Å². The van der Waals surface area contributed by atoms with Gasteiger partial charge in [-0.3, -0.25) is 9.59 Å². The number of rotatable bonds is 7. The minimum atomic E-state index is -4.09. The minimum Gasteiger partial charge on any atom is -0.495 e. The summed E-state index contributed by atoms with van der Waals surface area (Å²) in [6.07, 6.45) is 0. The predicted octanol–water partition coefficient (Wildman–Crippen LogP) is -0.400. The molecule has 0 radical (unpaired) electrons. The Balaban J connectivity index is 2.71. The third kappa shape index (κ3) is 5.22. The molecule has 1 atom stereocenters. The standard InChI is InChI=1S/C14H21N3O5S/c1-9(2)13(15)14(19)16-8-12(18)17-23(20,21)11-7-5-4-6-10(11)22-3/h4-7,9,13H,8,15H2,1-3H3,(H,16,19)(H,17,18)/t13-/m0/s1. The summed E-state index contributed by atoms with van der Waals surface area (Å²) in [5.41, 5.74) is 5.62. The molecule has 0 unspecified atom stereocenters. The van der Waals surface area contributed by atoms with Crippen LogP contribution in [0.15, 0.2) is 29.2 Å². The van der Waals surface area contributed by atoms with Gasteiger partial charge in [-0.15, -0.1) is 0 Å². The van der Waals surface area contributed by atoms with E-state index < -0.39 is 34.4 Å². The average Bonchev–Trinajstić information content (AvgIpc) is 2.51. The number of hydrogen-bond donors (Lipinski definition) is 3. The molecule has 0 saturated heterocycles. The summed E-state index contributed by atoms with van der Waals surface area (Å²) < 4.78 is 31.1. The monoisotopic (exact) mass is 343 g/mol. The van der Waals surface area contributed by atoms with E-state index >= 15 is 0 Å². The van der Waals surface area contributed by atoms with E-state index in [9.17, 15) is 18.0 Å². The second kappa shape index (κ2) is 7.93. The molecule has 0 aromatic heterocycles. The highest BCUT2D eigenvalue weighted by Gasteiger charge is 2.23. The number of hydrogen-bond acceptors (Lipinski definition) is 6. The van der Waals surface area contributed by atoms with Crippen LogP contribution in [0, 0.1) is 5.92 Å². The average molecular weight is 343 g/mol. The van der Waals surface area contributed by atoms with Crippen LogP contribution in [0.1, 0.15) is 13.8 Å². The Morgan fingerprint density at radius 2 is 1.87 bits per heavy atom. The van der Waals surface area contributed by atoms with E-state index in [1.165, 1.54) is 25.3 Å². The summed E-state index contributed by atoms with van der Waals surface area (Å²) in [6.45, 7) is 3.03. The highest BCUT2D eigenvalue weighted by atomic mass is 32.2. The molecule has 128 valence electrons. The molecule has 4 N–H and O–H groups in total. The lowest BCUT2D eigenvalue weighted by Gasteiger charge is -2.15. The number of carbonyl (C=O) groups excluding carboxylic acids is 2. The lowest BCUT2D eigenvalue weighted by atomic mass is 10.1. The third-order valence-electron chi connectivity index (χ3n) is 3.05. The summed E-state index contributed by atoms with van der Waals surface area (Å²) in [5.74, 6) is -1.39. The SMILES string of the molecule is COc1ccccc1S(=O)(=O)NC(=O)CNC(=O)[C@@H](N)C(C)C. The molecule has 9 heteroatoms. The van der Waals surface area contributed by atoms with Gasteiger partial charge in [0, 0.05) is 0 Å². The molecule has 0 fully saturated rings. The number of sulfonamides is 1. The molecule has 23 heavy (non-hydrogen) atoms. The summed E-state index contributed by atoms with van der Waals surface area (Å²) >= 11 is 0. The quantitative estimate of drug-likeness (QED) is 0.618. The number of methoxy groups -OCH3 is 1. The van der Waals surface area contributed by atoms with Gasteiger partial charge in [0.15, 0.2) is 0 Å². The van der Waals surface area contributed by atoms with Gasteiger partial charge in [-0.1, -0.05) is 26.0 Å². The molecule has 1 aromatic rings. The van der Waals surface area contributed by atoms with E-state index in [1.54, 1.807) is 19.9 Å². The highest BCUT2D eigenvalue weighted by molar-refractivity contribution is 7.90. The Morgan fingerprint density at radius 3 is 2.43 bits per heavy atom. The molecule has 1 aromatic carbocycles. The zero-order valence-electron chi connectivity index (χ0n) is 13.2. The minimum absolute atomic E-state index is 0.102. The summed E-state index contributed by atoms with van der Waals surface area (Å²) in [5, 5.41) is 2.29. The fourth-order valence-electron chi connectivity index (χ4n) is 1.67. The van der Waals surface area contributed by atoms with Crippen molar-refractivity contribution in [1.82, 2.24) is 10.0 Å². The van der Waals surface area contributed by atoms with Gasteiger partial charge in [0.05, 0.1) is 19.7 Å². The topological polar surface area (TPSA) is 128 Å². The molecule has 0 aliphatic rings. The zero-order valence-corrected chi connectivity index (χ0v) is 14.0. The fraction of sp³-hybridized carbons (Fsp3) is 0.429. The molecular weight excluding hydrogens is 322 g/mol. The lowest BCUT2D eigenvalue weighted by Crippen LogP contribution is -2.47. The van der Waals surface area contributed by atoms with E-state index in [0.29, 0.717) is 0 Å². The Morgan fingerprint density at radius 1 is 1.26 bits per heavy atom. The number of nitrogens with two attached hydrogens (primary N) is 1. The highest BCUT2D eigenvalue weighted by Crippen LogP contribution is 2.22. The first-order valence-corrected chi connectivity index (χ1v) is 8.39. The number of para-hydroxylation sites is 1. The van der Waals surface area contributed by atoms with Crippen molar-refractivity contribution >= 4 is 21.8 Å². The normalized spacial score (nSPS) is 12.6. The first-order chi connectivity index (χ1) is 10.7. The summed E-state index contributed by atoms with van der Waals surface area (Å²) in [7, 11) is -2.77. The van der Waals surface area contributed by atoms with Gasteiger partial charge in [-0.25, -0.2) is 13.1 Å². The van der Waals surface area contributed by atoms with Gasteiger partial charge in [0.2, 0.25) is 5.91 Å². The van der Waals surface area contributed by atoms with Gasteiger partial charge in [0.1, 0.15) is 10.6 Å². The van der Waals surface area contributed by atoms with Crippen LogP contribution >= 0.6 is 0 Å². The summed E-state index contributed by atoms with van der Waals surface area (Å²) in [6, 6.07) is 5.11. The van der Waals surface area contributed by atoms with E-state index in [-0.39, 0.29) is 16.6 Å². The maximum absolute atomic E-state index is 12.2. The van der Waals surface area contributed by atoms with Crippen LogP contribution < -0.4 is 20.5 Å². The van der Waals surface area contributed by atoms with Gasteiger partial charge < -0.3 is 15.8 Å². The van der Waals surface area contributed by atoms with E-state index in [1.807, 2.05) is 4.72 Å². The number of benzene rings is 1. The molecule has 0 bridgehead atoms. The van der Waals surface area contributed by atoms with Crippen LogP contribution in [0.25, 0.3) is 0 Å². The first-order valence-electron chi connectivity index (χ1n) is 6.91. The molecule has 2 amide bonds. The maximum Gasteiger partial charge on any atom is 0.267 e. The smallest absolute Gasteiger partial charge is 0.267 e. The Bertz CT molecular complexity index is 673. The van der Waals surface area contributed by atoms with Crippen molar-refractivity contribution in [3.05, 3.63) is 24.3 Å². The largest absolute Gasteiger partial charge is 0.495 e. The van der Waals surface area contributed by atoms with Crippen LogP contribution in [-0.2, 0) is 19.6 Å². The van der Waals surface area contributed by atoms with Crippen molar-refractivity contribution in [2.24, 2.45) is 11.7 Å². The van der Waals surface area contributed by atoms with E-state index in [2.05, 4.69) is 5.32 Å². The molecule has 0 heterocycles. The van der Waals surface area contributed by atoms with Crippen LogP contribution in [0.5, 0.6) is 5.75 Å². The molecule has 0 saturated carbocycles. The number of nitrogens with one attached hydrogen (secondary N) is 2. The first kappa shape index (κ1) is 18.9. The summed E-state index contributed by atoms with van der Waals surface area (Å²) in [4.78, 5) is 23.2. The van der Waals surface area contributed by atoms with Gasteiger partial charge in [-0.05, 0) is 18.1 Å². The van der Waals surface area contributed by atoms with Gasteiger partial charge in [0.25, 0.3) is 15.9 Å². The number of amides is 2. The zero-order chi connectivity index (χ0) is 17.6. The second-order valence-electron chi connectivity index (χ2n) is 5.17. The van der Waals surface area contributed by atoms with Gasteiger partial charge >= 0.3 is 0 Å². The molecular formula is C14H21N3O5S. The molecule has 0 aliphatic heterocycles. The van der Waals surface area contributed by atoms with E-state index in [4.69, 9.17) is 10.5 Å². The third-order valence-corrected chi connectivity index (χ3v) is 4.46. The fourth-order valence-corrected chi connectivity index (χ4v) is 2.83. The van der Waals surface area contributed by atoms with Crippen LogP contribution in [0.3, 0.4) is 0 Å². The molecule has 1 rings (SSSR count). The van der Waals surface area contributed by atoms with Crippen molar-refractivity contribution < 1.29 is 22.7 Å². The van der Waals surface area contributed by atoms with E-state index in [0.717, 1.165) is 0 Å². The second-order valence-corrected chi connectivity index (χ2v) is 6.82. The number of carbonyl (C=O) groups is 2. The van der Waals surface area contributed by atoms with Gasteiger partial charge in [-0.2, -0.15) is 0 Å². The molecule has 0 spiro atoms.